The molecule has 0 aliphatic rings. The number of carbonyl (C=O) groups excluding carboxylic acids is 1. The molecule has 2 unspecified atom stereocenters. The molecular formula is C45H73NO3. The van der Waals surface area contributed by atoms with Crippen molar-refractivity contribution < 1.29 is 15.0 Å². The van der Waals surface area contributed by atoms with Crippen LogP contribution in [0.2, 0.25) is 0 Å². The van der Waals surface area contributed by atoms with Gasteiger partial charge in [-0.2, -0.15) is 0 Å². The van der Waals surface area contributed by atoms with Crippen LogP contribution in [0.5, 0.6) is 0 Å². The molecule has 3 N–H and O–H groups in total. The number of rotatable bonds is 33. The van der Waals surface area contributed by atoms with E-state index >= 15 is 0 Å². The molecule has 0 spiro atoms. The van der Waals surface area contributed by atoms with Crippen LogP contribution in [0, 0.1) is 0 Å². The molecule has 0 saturated carbocycles. The molecule has 0 fully saturated rings. The van der Waals surface area contributed by atoms with Crippen molar-refractivity contribution in [2.45, 2.75) is 161 Å². The lowest BCUT2D eigenvalue weighted by atomic mass is 10.1. The summed E-state index contributed by atoms with van der Waals surface area (Å²) in [4.78, 5) is 12.3. The van der Waals surface area contributed by atoms with Crippen LogP contribution >= 0.6 is 0 Å². The summed E-state index contributed by atoms with van der Waals surface area (Å²) in [6.07, 6.45) is 60.4. The normalized spacial score (nSPS) is 14.3. The highest BCUT2D eigenvalue weighted by Crippen LogP contribution is 2.10. The highest BCUT2D eigenvalue weighted by atomic mass is 16.3. The van der Waals surface area contributed by atoms with Gasteiger partial charge in [0.15, 0.2) is 0 Å². The van der Waals surface area contributed by atoms with Crippen LogP contribution in [0.25, 0.3) is 0 Å². The summed E-state index contributed by atoms with van der Waals surface area (Å²) in [5.41, 5.74) is 0. The molecule has 1 amide bonds. The predicted octanol–water partition coefficient (Wildman–Crippen LogP) is 12.1. The quantitative estimate of drug-likeness (QED) is 0.0479. The third kappa shape index (κ3) is 36.2. The van der Waals surface area contributed by atoms with Gasteiger partial charge in [-0.15, -0.1) is 0 Å². The van der Waals surface area contributed by atoms with Crippen LogP contribution in [0.1, 0.15) is 149 Å². The Morgan fingerprint density at radius 1 is 0.510 bits per heavy atom. The Balaban J connectivity index is 3.84. The van der Waals surface area contributed by atoms with Crippen LogP contribution in [-0.4, -0.2) is 34.9 Å². The molecule has 4 nitrogen and oxygen atoms in total. The highest BCUT2D eigenvalue weighted by Gasteiger charge is 2.17. The van der Waals surface area contributed by atoms with Gasteiger partial charge in [0.1, 0.15) is 0 Å². The van der Waals surface area contributed by atoms with E-state index < -0.39 is 12.1 Å². The Morgan fingerprint density at radius 2 is 0.918 bits per heavy atom. The second-order valence-electron chi connectivity index (χ2n) is 12.6. The molecule has 0 heterocycles. The van der Waals surface area contributed by atoms with E-state index in [-0.39, 0.29) is 12.5 Å². The zero-order valence-corrected chi connectivity index (χ0v) is 31.4. The van der Waals surface area contributed by atoms with Crippen LogP contribution in [0.15, 0.2) is 109 Å². The molecule has 0 bridgehead atoms. The SMILES string of the molecule is CC/C=C\C/C=C\C/C=C\C/C=C\C/C=C\C/C=C\C/C=C\CCCC(=O)NC(CO)C(O)/C=C/CC/C=C/CCCCCCCCCC. The molecule has 0 rings (SSSR count). The number of hydrogen-bond acceptors (Lipinski definition) is 3. The molecule has 49 heavy (non-hydrogen) atoms. The first-order valence-electron chi connectivity index (χ1n) is 19.6. The molecule has 0 radical (unpaired) electrons. The van der Waals surface area contributed by atoms with E-state index in [0.717, 1.165) is 77.0 Å². The van der Waals surface area contributed by atoms with Gasteiger partial charge in [-0.3, -0.25) is 4.79 Å². The largest absolute Gasteiger partial charge is 0.394 e. The summed E-state index contributed by atoms with van der Waals surface area (Å²) in [7, 11) is 0. The topological polar surface area (TPSA) is 69.6 Å². The summed E-state index contributed by atoms with van der Waals surface area (Å²) in [5, 5.41) is 22.8. The van der Waals surface area contributed by atoms with Crippen molar-refractivity contribution >= 4 is 5.91 Å². The monoisotopic (exact) mass is 676 g/mol. The fourth-order valence-corrected chi connectivity index (χ4v) is 5.00. The summed E-state index contributed by atoms with van der Waals surface area (Å²) >= 11 is 0. The summed E-state index contributed by atoms with van der Waals surface area (Å²) in [5.74, 6) is -0.138. The van der Waals surface area contributed by atoms with Gasteiger partial charge in [0.05, 0.1) is 18.8 Å². The summed E-state index contributed by atoms with van der Waals surface area (Å²) in [6, 6.07) is -0.676. The Kier molecular flexibility index (Phi) is 37.1. The number of hydrogen-bond donors (Lipinski definition) is 3. The molecule has 0 aromatic heterocycles. The number of amides is 1. The Morgan fingerprint density at radius 3 is 1.43 bits per heavy atom. The Labute approximate surface area is 302 Å². The Bertz CT molecular complexity index is 995. The number of aliphatic hydroxyl groups excluding tert-OH is 2. The molecule has 0 aliphatic heterocycles. The zero-order chi connectivity index (χ0) is 35.7. The van der Waals surface area contributed by atoms with E-state index in [1.807, 2.05) is 6.08 Å². The average Bonchev–Trinajstić information content (AvgIpc) is 3.10. The fraction of sp³-hybridized carbons (Fsp3) is 0.578. The van der Waals surface area contributed by atoms with Gasteiger partial charge in [0.25, 0.3) is 0 Å². The van der Waals surface area contributed by atoms with Crippen LogP contribution in [0.4, 0.5) is 0 Å². The van der Waals surface area contributed by atoms with Gasteiger partial charge < -0.3 is 15.5 Å². The number of nitrogens with one attached hydrogen (secondary N) is 1. The second-order valence-corrected chi connectivity index (χ2v) is 12.6. The maximum Gasteiger partial charge on any atom is 0.220 e. The fourth-order valence-electron chi connectivity index (χ4n) is 5.00. The molecule has 0 aliphatic carbocycles. The van der Waals surface area contributed by atoms with Crippen molar-refractivity contribution in [1.82, 2.24) is 5.32 Å². The first kappa shape index (κ1) is 46.0. The van der Waals surface area contributed by atoms with E-state index in [9.17, 15) is 15.0 Å². The smallest absolute Gasteiger partial charge is 0.220 e. The van der Waals surface area contributed by atoms with E-state index in [0.29, 0.717) is 6.42 Å². The Hall–Kier alpha value is -2.95. The lowest BCUT2D eigenvalue weighted by molar-refractivity contribution is -0.122. The maximum atomic E-state index is 12.3. The predicted molar refractivity (Wildman–Crippen MR) is 216 cm³/mol. The van der Waals surface area contributed by atoms with Crippen LogP contribution < -0.4 is 5.32 Å². The molecule has 276 valence electrons. The van der Waals surface area contributed by atoms with E-state index in [4.69, 9.17) is 0 Å². The minimum absolute atomic E-state index is 0.138. The van der Waals surface area contributed by atoms with E-state index in [1.165, 1.54) is 51.4 Å². The average molecular weight is 676 g/mol. The molecule has 2 atom stereocenters. The van der Waals surface area contributed by atoms with Gasteiger partial charge in [0, 0.05) is 6.42 Å². The van der Waals surface area contributed by atoms with Crippen molar-refractivity contribution in [2.24, 2.45) is 0 Å². The van der Waals surface area contributed by atoms with Gasteiger partial charge in [-0.1, -0.05) is 168 Å². The third-order valence-corrected chi connectivity index (χ3v) is 7.99. The highest BCUT2D eigenvalue weighted by molar-refractivity contribution is 5.76. The number of unbranched alkanes of at least 4 members (excludes halogenated alkanes) is 10. The number of aliphatic hydroxyl groups is 2. The third-order valence-electron chi connectivity index (χ3n) is 7.99. The maximum absolute atomic E-state index is 12.3. The van der Waals surface area contributed by atoms with Gasteiger partial charge >= 0.3 is 0 Å². The minimum Gasteiger partial charge on any atom is -0.394 e. The minimum atomic E-state index is -0.892. The van der Waals surface area contributed by atoms with Crippen LogP contribution in [0.3, 0.4) is 0 Å². The van der Waals surface area contributed by atoms with Crippen molar-refractivity contribution in [3.63, 3.8) is 0 Å². The lowest BCUT2D eigenvalue weighted by Gasteiger charge is -2.19. The molecule has 0 saturated heterocycles. The lowest BCUT2D eigenvalue weighted by Crippen LogP contribution is -2.45. The second kappa shape index (κ2) is 39.5. The van der Waals surface area contributed by atoms with Gasteiger partial charge in [-0.25, -0.2) is 0 Å². The first-order chi connectivity index (χ1) is 24.2. The summed E-state index contributed by atoms with van der Waals surface area (Å²) in [6.45, 7) is 4.12. The molecule has 4 heteroatoms. The molecule has 0 aromatic rings. The van der Waals surface area contributed by atoms with E-state index in [2.05, 4.69) is 116 Å². The molecular weight excluding hydrogens is 602 g/mol. The van der Waals surface area contributed by atoms with Crippen molar-refractivity contribution in [3.05, 3.63) is 109 Å². The van der Waals surface area contributed by atoms with Gasteiger partial charge in [0.2, 0.25) is 5.91 Å². The number of allylic oxidation sites excluding steroid dienone is 17. The zero-order valence-electron chi connectivity index (χ0n) is 31.4. The van der Waals surface area contributed by atoms with Crippen LogP contribution in [-0.2, 0) is 4.79 Å². The van der Waals surface area contributed by atoms with Gasteiger partial charge in [-0.05, 0) is 83.5 Å². The van der Waals surface area contributed by atoms with Crippen molar-refractivity contribution in [3.8, 4) is 0 Å². The first-order valence-corrected chi connectivity index (χ1v) is 19.6. The molecule has 0 aromatic carbocycles. The number of carbonyl (C=O) groups is 1. The standard InChI is InChI=1S/C45H73NO3/c1-3-5-7-9-11-13-15-17-19-20-21-22-23-24-25-26-27-29-31-33-35-37-39-41-45(49)46-43(42-47)44(48)40-38-36-34-32-30-28-18-16-14-12-10-8-6-4-2/h5,7,11,13,17,19,21-22,24-25,27,29-30,32-33,35,38,40,43-44,47-48H,3-4,6,8-10,12,14-16,18,20,23,26,28,31,34,36-37,39,41-42H2,1-2H3,(H,46,49)/b7-5-,13-11-,19-17-,22-21-,25-24-,29-27-,32-30+,35-33-,40-38+. The summed E-state index contributed by atoms with van der Waals surface area (Å²) < 4.78 is 0. The van der Waals surface area contributed by atoms with Crippen molar-refractivity contribution in [1.29, 1.82) is 0 Å². The van der Waals surface area contributed by atoms with Crippen molar-refractivity contribution in [2.75, 3.05) is 6.61 Å². The van der Waals surface area contributed by atoms with E-state index in [1.54, 1.807) is 6.08 Å².